The van der Waals surface area contributed by atoms with Gasteiger partial charge >= 0.3 is 5.97 Å². The highest BCUT2D eigenvalue weighted by molar-refractivity contribution is 5.97. The van der Waals surface area contributed by atoms with Crippen LogP contribution in [0.25, 0.3) is 0 Å². The molecule has 1 aromatic rings. The fraction of sp³-hybridized carbons (Fsp3) is 0.529. The second-order valence-electron chi connectivity index (χ2n) is 6.37. The summed E-state index contributed by atoms with van der Waals surface area (Å²) in [5.74, 6) is -1.97. The highest BCUT2D eigenvalue weighted by Crippen LogP contribution is 2.26. The Morgan fingerprint density at radius 2 is 1.83 bits per heavy atom. The second kappa shape index (κ2) is 7.42. The number of carbonyl (C=O) groups is 2. The zero-order valence-corrected chi connectivity index (χ0v) is 13.9. The first-order chi connectivity index (χ1) is 11.3. The summed E-state index contributed by atoms with van der Waals surface area (Å²) in [5, 5.41) is 23.3. The molecule has 0 spiro atoms. The van der Waals surface area contributed by atoms with Crippen molar-refractivity contribution in [2.45, 2.75) is 52.0 Å². The number of nitrogens with zero attached hydrogens (tertiary/aromatic N) is 1. The molecule has 2 atom stereocenters. The maximum absolute atomic E-state index is 12.6. The molecule has 1 saturated carbocycles. The average molecular weight is 334 g/mol. The predicted molar refractivity (Wildman–Crippen MR) is 88.0 cm³/mol. The van der Waals surface area contributed by atoms with Gasteiger partial charge in [0.15, 0.2) is 0 Å². The van der Waals surface area contributed by atoms with Crippen molar-refractivity contribution in [2.24, 2.45) is 5.92 Å². The minimum Gasteiger partial charge on any atom is -0.481 e. The molecular weight excluding hydrogens is 312 g/mol. The van der Waals surface area contributed by atoms with Crippen molar-refractivity contribution in [2.75, 3.05) is 0 Å². The van der Waals surface area contributed by atoms with Crippen molar-refractivity contribution >= 4 is 17.6 Å². The smallest absolute Gasteiger partial charge is 0.308 e. The molecule has 0 heterocycles. The van der Waals surface area contributed by atoms with Gasteiger partial charge in [0.05, 0.1) is 10.8 Å². The number of carbonyl (C=O) groups excluding carboxylic acids is 1. The Hall–Kier alpha value is -2.44. The van der Waals surface area contributed by atoms with Crippen LogP contribution in [0.5, 0.6) is 0 Å². The number of nitro benzene ring substituents is 1. The topological polar surface area (TPSA) is 110 Å². The molecule has 0 saturated heterocycles. The number of hydrogen-bond acceptors (Lipinski definition) is 4. The highest BCUT2D eigenvalue weighted by Gasteiger charge is 2.31. The van der Waals surface area contributed by atoms with Gasteiger partial charge in [-0.15, -0.1) is 0 Å². The van der Waals surface area contributed by atoms with Gasteiger partial charge in [-0.2, -0.15) is 0 Å². The van der Waals surface area contributed by atoms with E-state index in [2.05, 4.69) is 5.32 Å². The molecule has 0 unspecified atom stereocenters. The first-order valence-corrected chi connectivity index (χ1v) is 8.10. The van der Waals surface area contributed by atoms with Gasteiger partial charge in [0.25, 0.3) is 11.6 Å². The molecule has 0 radical (unpaired) electrons. The molecule has 1 aliphatic carbocycles. The van der Waals surface area contributed by atoms with Gasteiger partial charge in [0.1, 0.15) is 0 Å². The molecule has 0 aromatic heterocycles. The summed E-state index contributed by atoms with van der Waals surface area (Å²) in [6.45, 7) is 3.34. The van der Waals surface area contributed by atoms with E-state index >= 15 is 0 Å². The zero-order valence-electron chi connectivity index (χ0n) is 13.9. The first kappa shape index (κ1) is 17.9. The Morgan fingerprint density at radius 3 is 2.46 bits per heavy atom. The number of carboxylic acid groups (broad SMARTS) is 1. The molecule has 1 amide bonds. The van der Waals surface area contributed by atoms with E-state index in [0.717, 1.165) is 19.3 Å². The maximum Gasteiger partial charge on any atom is 0.308 e. The lowest BCUT2D eigenvalue weighted by Gasteiger charge is -2.23. The molecule has 2 rings (SSSR count). The predicted octanol–water partition coefficient (Wildman–Crippen LogP) is 2.97. The minimum atomic E-state index is -0.909. The number of amides is 1. The van der Waals surface area contributed by atoms with Gasteiger partial charge < -0.3 is 10.4 Å². The van der Waals surface area contributed by atoms with Crippen molar-refractivity contribution < 1.29 is 19.6 Å². The van der Waals surface area contributed by atoms with E-state index in [-0.39, 0.29) is 11.3 Å². The molecule has 0 bridgehead atoms. The van der Waals surface area contributed by atoms with Crippen LogP contribution in [0.4, 0.5) is 5.69 Å². The van der Waals surface area contributed by atoms with Crippen LogP contribution in [0.3, 0.4) is 0 Å². The number of hydrogen-bond donors (Lipinski definition) is 2. The SMILES string of the molecule is Cc1cc(C)c([N+](=O)[O-])cc1C(=O)N[C@H]1CCCCC[C@H]1C(=O)O. The first-order valence-electron chi connectivity index (χ1n) is 8.10. The fourth-order valence-electron chi connectivity index (χ4n) is 3.30. The van der Waals surface area contributed by atoms with E-state index in [9.17, 15) is 24.8 Å². The van der Waals surface area contributed by atoms with Gasteiger partial charge in [0, 0.05) is 23.2 Å². The Bertz CT molecular complexity index is 671. The van der Waals surface area contributed by atoms with Gasteiger partial charge in [0.2, 0.25) is 0 Å². The van der Waals surface area contributed by atoms with E-state index in [1.54, 1.807) is 19.9 Å². The van der Waals surface area contributed by atoms with Gasteiger partial charge in [-0.05, 0) is 38.3 Å². The van der Waals surface area contributed by atoms with Crippen LogP contribution in [-0.2, 0) is 4.79 Å². The molecule has 130 valence electrons. The van der Waals surface area contributed by atoms with Crippen molar-refractivity contribution in [1.29, 1.82) is 0 Å². The molecule has 0 aliphatic heterocycles. The van der Waals surface area contributed by atoms with Gasteiger partial charge in [-0.1, -0.05) is 19.3 Å². The van der Waals surface area contributed by atoms with E-state index < -0.39 is 28.8 Å². The van der Waals surface area contributed by atoms with E-state index in [4.69, 9.17) is 0 Å². The third kappa shape index (κ3) is 3.90. The maximum atomic E-state index is 12.6. The van der Waals surface area contributed by atoms with E-state index in [1.165, 1.54) is 6.07 Å². The number of nitro groups is 1. The largest absolute Gasteiger partial charge is 0.481 e. The van der Waals surface area contributed by atoms with Crippen molar-refractivity contribution in [3.63, 3.8) is 0 Å². The van der Waals surface area contributed by atoms with Crippen molar-refractivity contribution in [1.82, 2.24) is 5.32 Å². The standard InChI is InChI=1S/C17H22N2O5/c1-10-8-11(2)15(19(23)24)9-13(10)16(20)18-14-7-5-3-4-6-12(14)17(21)22/h8-9,12,14H,3-7H2,1-2H3,(H,18,20)(H,21,22)/t12-,14+/m1/s1. The molecule has 1 fully saturated rings. The number of rotatable bonds is 4. The normalized spacial score (nSPS) is 20.9. The molecule has 1 aromatic carbocycles. The molecular formula is C17H22N2O5. The van der Waals surface area contributed by atoms with Gasteiger partial charge in [-0.25, -0.2) is 0 Å². The summed E-state index contributed by atoms with van der Waals surface area (Å²) in [6, 6.07) is 2.43. The molecule has 24 heavy (non-hydrogen) atoms. The number of aryl methyl sites for hydroxylation is 2. The van der Waals surface area contributed by atoms with E-state index in [0.29, 0.717) is 24.0 Å². The Morgan fingerprint density at radius 1 is 1.17 bits per heavy atom. The third-order valence-electron chi connectivity index (χ3n) is 4.63. The van der Waals surface area contributed by atoms with Crippen LogP contribution in [0, 0.1) is 29.9 Å². The minimum absolute atomic E-state index is 0.110. The molecule has 1 aliphatic rings. The molecule has 7 heteroatoms. The Balaban J connectivity index is 2.26. The number of aliphatic carboxylic acids is 1. The lowest BCUT2D eigenvalue weighted by molar-refractivity contribution is -0.385. The number of carboxylic acids is 1. The lowest BCUT2D eigenvalue weighted by Crippen LogP contribution is -2.43. The summed E-state index contributed by atoms with van der Waals surface area (Å²) in [4.78, 5) is 34.6. The monoisotopic (exact) mass is 334 g/mol. The van der Waals surface area contributed by atoms with Crippen LogP contribution in [0.15, 0.2) is 12.1 Å². The quantitative estimate of drug-likeness (QED) is 0.500. The molecule has 2 N–H and O–H groups in total. The van der Waals surface area contributed by atoms with Crippen LogP contribution < -0.4 is 5.32 Å². The zero-order chi connectivity index (χ0) is 17.9. The van der Waals surface area contributed by atoms with Crippen molar-refractivity contribution in [3.05, 3.63) is 38.9 Å². The fourth-order valence-corrected chi connectivity index (χ4v) is 3.30. The van der Waals surface area contributed by atoms with Crippen LogP contribution in [-0.4, -0.2) is 27.9 Å². The highest BCUT2D eigenvalue weighted by atomic mass is 16.6. The van der Waals surface area contributed by atoms with Crippen LogP contribution >= 0.6 is 0 Å². The Kier molecular flexibility index (Phi) is 5.54. The summed E-state index contributed by atoms with van der Waals surface area (Å²) < 4.78 is 0. The third-order valence-corrected chi connectivity index (χ3v) is 4.63. The Labute approximate surface area is 140 Å². The second-order valence-corrected chi connectivity index (χ2v) is 6.37. The van der Waals surface area contributed by atoms with E-state index in [1.807, 2.05) is 0 Å². The number of benzene rings is 1. The summed E-state index contributed by atoms with van der Waals surface area (Å²) >= 11 is 0. The summed E-state index contributed by atoms with van der Waals surface area (Å²) in [6.07, 6.45) is 3.79. The van der Waals surface area contributed by atoms with Crippen LogP contribution in [0.1, 0.15) is 53.6 Å². The number of nitrogens with one attached hydrogen (secondary N) is 1. The molecule has 7 nitrogen and oxygen atoms in total. The van der Waals surface area contributed by atoms with Crippen LogP contribution in [0.2, 0.25) is 0 Å². The summed E-state index contributed by atoms with van der Waals surface area (Å²) in [5.41, 5.74) is 1.24. The van der Waals surface area contributed by atoms with Gasteiger partial charge in [-0.3, -0.25) is 19.7 Å². The summed E-state index contributed by atoms with van der Waals surface area (Å²) in [7, 11) is 0. The average Bonchev–Trinajstić information content (AvgIpc) is 2.72. The van der Waals surface area contributed by atoms with Crippen molar-refractivity contribution in [3.8, 4) is 0 Å². The lowest BCUT2D eigenvalue weighted by atomic mass is 9.94.